The Hall–Kier alpha value is -2.17. The number of benzene rings is 1. The van der Waals surface area contributed by atoms with E-state index >= 15 is 0 Å². The number of aromatic nitrogens is 2. The summed E-state index contributed by atoms with van der Waals surface area (Å²) in [5.41, 5.74) is 1.91. The van der Waals surface area contributed by atoms with Gasteiger partial charge in [-0.05, 0) is 32.4 Å². The van der Waals surface area contributed by atoms with Crippen molar-refractivity contribution in [1.82, 2.24) is 15.1 Å². The number of rotatable bonds is 5. The number of nitrogens with one attached hydrogen (secondary N) is 1. The number of carbonyl (C=O) groups is 2. The summed E-state index contributed by atoms with van der Waals surface area (Å²) in [6, 6.07) is 5.96. The predicted molar refractivity (Wildman–Crippen MR) is 82.2 cm³/mol. The second kappa shape index (κ2) is 6.52. The minimum Gasteiger partial charge on any atom is -0.354 e. The van der Waals surface area contributed by atoms with Gasteiger partial charge in [-0.1, -0.05) is 18.6 Å². The molecule has 0 spiro atoms. The molecule has 0 radical (unpaired) electrons. The third-order valence-corrected chi connectivity index (χ3v) is 3.55. The van der Waals surface area contributed by atoms with E-state index in [4.69, 9.17) is 0 Å². The second-order valence-corrected chi connectivity index (χ2v) is 5.39. The molecule has 1 aromatic carbocycles. The summed E-state index contributed by atoms with van der Waals surface area (Å²) < 4.78 is 1.38. The van der Waals surface area contributed by atoms with E-state index in [2.05, 4.69) is 10.4 Å². The van der Waals surface area contributed by atoms with Crippen molar-refractivity contribution in [3.05, 3.63) is 30.0 Å². The first kappa shape index (κ1) is 15.2. The van der Waals surface area contributed by atoms with Gasteiger partial charge in [0.2, 0.25) is 11.8 Å². The number of fused-ring (bicyclic) bond motifs is 1. The molecule has 1 heterocycles. The first-order valence-electron chi connectivity index (χ1n) is 7.28. The zero-order chi connectivity index (χ0) is 15.4. The fourth-order valence-electron chi connectivity index (χ4n) is 2.13. The molecule has 5 nitrogen and oxygen atoms in total. The third-order valence-electron chi connectivity index (χ3n) is 3.55. The van der Waals surface area contributed by atoms with E-state index in [9.17, 15) is 9.59 Å². The molecule has 2 rings (SSSR count). The van der Waals surface area contributed by atoms with Gasteiger partial charge in [-0.15, -0.1) is 0 Å². The van der Waals surface area contributed by atoms with Gasteiger partial charge in [0, 0.05) is 24.3 Å². The van der Waals surface area contributed by atoms with Crippen molar-refractivity contribution >= 4 is 22.7 Å². The van der Waals surface area contributed by atoms with Gasteiger partial charge in [-0.3, -0.25) is 9.59 Å². The van der Waals surface area contributed by atoms with Crippen LogP contribution in [-0.2, 0) is 4.79 Å². The Labute approximate surface area is 124 Å². The molecule has 0 aliphatic rings. The highest BCUT2D eigenvalue weighted by atomic mass is 16.2. The Morgan fingerprint density at radius 2 is 2.10 bits per heavy atom. The summed E-state index contributed by atoms with van der Waals surface area (Å²) in [4.78, 5) is 23.9. The largest absolute Gasteiger partial charge is 0.354 e. The van der Waals surface area contributed by atoms with Crippen LogP contribution in [0, 0.1) is 6.92 Å². The monoisotopic (exact) mass is 287 g/mol. The van der Waals surface area contributed by atoms with Gasteiger partial charge in [0.25, 0.3) is 0 Å². The maximum Gasteiger partial charge on any atom is 0.247 e. The first-order valence-corrected chi connectivity index (χ1v) is 7.28. The summed E-state index contributed by atoms with van der Waals surface area (Å²) in [5.74, 6) is -0.252. The molecule has 112 valence electrons. The van der Waals surface area contributed by atoms with Crippen molar-refractivity contribution in [3.63, 3.8) is 0 Å². The van der Waals surface area contributed by atoms with Crippen LogP contribution in [0.4, 0.5) is 0 Å². The lowest BCUT2D eigenvalue weighted by atomic mass is 10.2. The molecule has 2 aromatic rings. The van der Waals surface area contributed by atoms with Crippen LogP contribution in [0.2, 0.25) is 0 Å². The number of nitrogens with zero attached hydrogens (tertiary/aromatic N) is 2. The molecule has 0 aliphatic carbocycles. The quantitative estimate of drug-likeness (QED) is 0.919. The number of hydrogen-bond donors (Lipinski definition) is 1. The fourth-order valence-corrected chi connectivity index (χ4v) is 2.13. The molecule has 1 atom stereocenters. The van der Waals surface area contributed by atoms with Crippen molar-refractivity contribution in [1.29, 1.82) is 0 Å². The number of aryl methyl sites for hydroxylation is 1. The number of amides is 1. The molecule has 1 amide bonds. The standard InChI is InChI=1S/C16H21N3O2/c1-4-12(3)18-15(20)7-8-16(21)19-14-6-5-11(2)9-13(14)10-17-19/h5-6,9-10,12H,4,7-8H2,1-3H3,(H,18,20)/t12-/m0/s1. The average molecular weight is 287 g/mol. The van der Waals surface area contributed by atoms with Crippen LogP contribution in [0.3, 0.4) is 0 Å². The average Bonchev–Trinajstić information content (AvgIpc) is 2.87. The lowest BCUT2D eigenvalue weighted by molar-refractivity contribution is -0.121. The van der Waals surface area contributed by atoms with E-state index < -0.39 is 0 Å². The molecule has 0 fully saturated rings. The Morgan fingerprint density at radius 1 is 1.33 bits per heavy atom. The van der Waals surface area contributed by atoms with E-state index in [1.807, 2.05) is 39.0 Å². The lowest BCUT2D eigenvalue weighted by Crippen LogP contribution is -2.32. The van der Waals surface area contributed by atoms with E-state index in [0.29, 0.717) is 0 Å². The zero-order valence-electron chi connectivity index (χ0n) is 12.7. The second-order valence-electron chi connectivity index (χ2n) is 5.39. The Morgan fingerprint density at radius 3 is 2.81 bits per heavy atom. The Bertz CT molecular complexity index is 661. The Kier molecular flexibility index (Phi) is 4.73. The van der Waals surface area contributed by atoms with Gasteiger partial charge in [0.1, 0.15) is 0 Å². The highest BCUT2D eigenvalue weighted by Crippen LogP contribution is 2.15. The molecule has 21 heavy (non-hydrogen) atoms. The molecule has 5 heteroatoms. The van der Waals surface area contributed by atoms with Gasteiger partial charge < -0.3 is 5.32 Å². The summed E-state index contributed by atoms with van der Waals surface area (Å²) in [6.07, 6.45) is 2.91. The summed E-state index contributed by atoms with van der Waals surface area (Å²) in [6.45, 7) is 5.95. The zero-order valence-corrected chi connectivity index (χ0v) is 12.7. The molecule has 1 aromatic heterocycles. The van der Waals surface area contributed by atoms with Crippen LogP contribution in [0.25, 0.3) is 10.9 Å². The van der Waals surface area contributed by atoms with Crippen molar-refractivity contribution in [3.8, 4) is 0 Å². The molecule has 1 N–H and O–H groups in total. The maximum atomic E-state index is 12.2. The first-order chi connectivity index (χ1) is 10.0. The topological polar surface area (TPSA) is 64.0 Å². The molecule has 0 bridgehead atoms. The van der Waals surface area contributed by atoms with Crippen molar-refractivity contribution in [2.24, 2.45) is 0 Å². The van der Waals surface area contributed by atoms with Gasteiger partial charge in [-0.2, -0.15) is 5.10 Å². The van der Waals surface area contributed by atoms with E-state index in [1.165, 1.54) is 4.68 Å². The molecule has 0 saturated carbocycles. The van der Waals surface area contributed by atoms with E-state index in [1.54, 1.807) is 6.20 Å². The predicted octanol–water partition coefficient (Wildman–Crippen LogP) is 2.68. The minimum absolute atomic E-state index is 0.0926. The lowest BCUT2D eigenvalue weighted by Gasteiger charge is -2.10. The summed E-state index contributed by atoms with van der Waals surface area (Å²) in [7, 11) is 0. The highest BCUT2D eigenvalue weighted by molar-refractivity contribution is 5.92. The molecular weight excluding hydrogens is 266 g/mol. The number of carbonyl (C=O) groups excluding carboxylic acids is 2. The molecular formula is C16H21N3O2. The van der Waals surface area contributed by atoms with Crippen LogP contribution in [0.5, 0.6) is 0 Å². The smallest absolute Gasteiger partial charge is 0.247 e. The van der Waals surface area contributed by atoms with Crippen LogP contribution in [0.1, 0.15) is 43.5 Å². The van der Waals surface area contributed by atoms with Gasteiger partial charge in [-0.25, -0.2) is 4.68 Å². The van der Waals surface area contributed by atoms with Crippen molar-refractivity contribution < 1.29 is 9.59 Å². The summed E-state index contributed by atoms with van der Waals surface area (Å²) in [5, 5.41) is 7.92. The van der Waals surface area contributed by atoms with Crippen LogP contribution in [0.15, 0.2) is 24.4 Å². The van der Waals surface area contributed by atoms with Gasteiger partial charge >= 0.3 is 0 Å². The van der Waals surface area contributed by atoms with Crippen LogP contribution in [-0.4, -0.2) is 27.6 Å². The van der Waals surface area contributed by atoms with Crippen LogP contribution >= 0.6 is 0 Å². The van der Waals surface area contributed by atoms with Gasteiger partial charge in [0.05, 0.1) is 11.7 Å². The van der Waals surface area contributed by atoms with Crippen molar-refractivity contribution in [2.75, 3.05) is 0 Å². The normalized spacial score (nSPS) is 12.3. The maximum absolute atomic E-state index is 12.2. The number of hydrogen-bond acceptors (Lipinski definition) is 3. The van der Waals surface area contributed by atoms with Gasteiger partial charge in [0.15, 0.2) is 0 Å². The molecule has 0 aliphatic heterocycles. The third kappa shape index (κ3) is 3.68. The minimum atomic E-state index is -0.159. The molecule has 0 saturated heterocycles. The fraction of sp³-hybridized carbons (Fsp3) is 0.438. The van der Waals surface area contributed by atoms with E-state index in [0.717, 1.165) is 22.9 Å². The van der Waals surface area contributed by atoms with Crippen LogP contribution < -0.4 is 5.32 Å². The Balaban J connectivity index is 2.01. The van der Waals surface area contributed by atoms with Crippen molar-refractivity contribution in [2.45, 2.75) is 46.1 Å². The molecule has 0 unspecified atom stereocenters. The summed E-state index contributed by atoms with van der Waals surface area (Å²) >= 11 is 0. The van der Waals surface area contributed by atoms with E-state index in [-0.39, 0.29) is 30.7 Å². The SMILES string of the molecule is CC[C@H](C)NC(=O)CCC(=O)n1ncc2cc(C)ccc21. The highest BCUT2D eigenvalue weighted by Gasteiger charge is 2.13.